The Hall–Kier alpha value is -3.93. The lowest BCUT2D eigenvalue weighted by molar-refractivity contribution is 0.355. The molecule has 1 aromatic heterocycles. The van der Waals surface area contributed by atoms with Crippen LogP contribution in [0.1, 0.15) is 0 Å². The van der Waals surface area contributed by atoms with E-state index in [0.29, 0.717) is 23.0 Å². The number of nitrogens with zero attached hydrogens (tertiary/aromatic N) is 2. The van der Waals surface area contributed by atoms with E-state index < -0.39 is 0 Å². The van der Waals surface area contributed by atoms with E-state index in [1.165, 1.54) is 0 Å². The third-order valence-electron chi connectivity index (χ3n) is 5.07. The maximum atomic E-state index is 5.51. The summed E-state index contributed by atoms with van der Waals surface area (Å²) in [5.74, 6) is 2.67. The summed E-state index contributed by atoms with van der Waals surface area (Å²) in [6.45, 7) is 0. The van der Waals surface area contributed by atoms with E-state index in [0.717, 1.165) is 28.2 Å². The van der Waals surface area contributed by atoms with Crippen molar-refractivity contribution in [2.75, 3.05) is 28.4 Å². The molecule has 1 heterocycles. The van der Waals surface area contributed by atoms with Crippen LogP contribution in [-0.4, -0.2) is 38.2 Å². The molecule has 31 heavy (non-hydrogen) atoms. The average Bonchev–Trinajstić information content (AvgIpc) is 3.29. The van der Waals surface area contributed by atoms with Gasteiger partial charge in [-0.05, 0) is 54.6 Å². The van der Waals surface area contributed by atoms with E-state index >= 15 is 0 Å². The minimum Gasteiger partial charge on any atom is -0.493 e. The maximum absolute atomic E-state index is 5.51. The number of ether oxygens (including phenoxy) is 4. The van der Waals surface area contributed by atoms with E-state index in [2.05, 4.69) is 6.07 Å². The van der Waals surface area contributed by atoms with Gasteiger partial charge in [0.05, 0.1) is 45.5 Å². The molecule has 4 rings (SSSR count). The smallest absolute Gasteiger partial charge is 0.161 e. The van der Waals surface area contributed by atoms with Gasteiger partial charge in [0.1, 0.15) is 0 Å². The van der Waals surface area contributed by atoms with Crippen molar-refractivity contribution in [3.05, 3.63) is 72.8 Å². The molecule has 0 unspecified atom stereocenters. The fourth-order valence-electron chi connectivity index (χ4n) is 3.48. The topological polar surface area (TPSA) is 54.7 Å². The molecule has 0 spiro atoms. The largest absolute Gasteiger partial charge is 0.493 e. The normalized spacial score (nSPS) is 10.6. The van der Waals surface area contributed by atoms with E-state index in [-0.39, 0.29) is 0 Å². The van der Waals surface area contributed by atoms with Gasteiger partial charge in [0, 0.05) is 11.1 Å². The van der Waals surface area contributed by atoms with Crippen LogP contribution in [0.15, 0.2) is 72.8 Å². The molecule has 0 atom stereocenters. The number of rotatable bonds is 7. The van der Waals surface area contributed by atoms with Crippen LogP contribution in [0.3, 0.4) is 0 Å². The standard InChI is InChI=1S/C25H24N2O4/c1-28-22-12-10-17(14-24(22)30-3)20-16-21(27(26-20)19-8-6-5-7-9-19)18-11-13-23(29-2)25(15-18)31-4/h5-16H,1-4H3. The maximum Gasteiger partial charge on any atom is 0.161 e. The summed E-state index contributed by atoms with van der Waals surface area (Å²) in [6.07, 6.45) is 0. The van der Waals surface area contributed by atoms with Crippen molar-refractivity contribution < 1.29 is 18.9 Å². The Balaban J connectivity index is 1.88. The van der Waals surface area contributed by atoms with Crippen molar-refractivity contribution in [2.45, 2.75) is 0 Å². The second kappa shape index (κ2) is 8.83. The number of para-hydroxylation sites is 1. The summed E-state index contributed by atoms with van der Waals surface area (Å²) in [4.78, 5) is 0. The van der Waals surface area contributed by atoms with Gasteiger partial charge in [-0.25, -0.2) is 4.68 Å². The zero-order valence-corrected chi connectivity index (χ0v) is 18.0. The SMILES string of the molecule is COc1ccc(-c2cc(-c3ccc(OC)c(OC)c3)n(-c3ccccc3)n2)cc1OC. The summed E-state index contributed by atoms with van der Waals surface area (Å²) < 4.78 is 23.7. The first-order chi connectivity index (χ1) is 15.2. The third-order valence-corrected chi connectivity index (χ3v) is 5.07. The summed E-state index contributed by atoms with van der Waals surface area (Å²) in [6, 6.07) is 23.7. The Morgan fingerprint density at radius 3 is 1.71 bits per heavy atom. The Morgan fingerprint density at radius 2 is 1.13 bits per heavy atom. The van der Waals surface area contributed by atoms with Gasteiger partial charge in [-0.3, -0.25) is 0 Å². The first kappa shape index (κ1) is 20.3. The minimum atomic E-state index is 0.655. The highest BCUT2D eigenvalue weighted by atomic mass is 16.5. The van der Waals surface area contributed by atoms with Crippen LogP contribution in [0.25, 0.3) is 28.2 Å². The number of methoxy groups -OCH3 is 4. The van der Waals surface area contributed by atoms with Crippen molar-refractivity contribution in [1.82, 2.24) is 9.78 Å². The van der Waals surface area contributed by atoms with E-state index in [1.54, 1.807) is 28.4 Å². The van der Waals surface area contributed by atoms with Crippen LogP contribution in [0.2, 0.25) is 0 Å². The monoisotopic (exact) mass is 416 g/mol. The lowest BCUT2D eigenvalue weighted by Crippen LogP contribution is -1.99. The van der Waals surface area contributed by atoms with Crippen LogP contribution >= 0.6 is 0 Å². The molecule has 0 amide bonds. The zero-order chi connectivity index (χ0) is 21.8. The number of aromatic nitrogens is 2. The number of hydrogen-bond acceptors (Lipinski definition) is 5. The van der Waals surface area contributed by atoms with E-state index in [1.807, 2.05) is 71.4 Å². The highest BCUT2D eigenvalue weighted by molar-refractivity contribution is 5.73. The van der Waals surface area contributed by atoms with Gasteiger partial charge < -0.3 is 18.9 Å². The molecule has 6 heteroatoms. The summed E-state index contributed by atoms with van der Waals surface area (Å²) in [5, 5.41) is 4.90. The molecule has 0 saturated heterocycles. The Morgan fingerprint density at radius 1 is 0.581 bits per heavy atom. The van der Waals surface area contributed by atoms with Gasteiger partial charge >= 0.3 is 0 Å². The molecule has 0 aliphatic carbocycles. The fourth-order valence-corrected chi connectivity index (χ4v) is 3.48. The van der Waals surface area contributed by atoms with Gasteiger partial charge in [-0.1, -0.05) is 18.2 Å². The van der Waals surface area contributed by atoms with Crippen LogP contribution < -0.4 is 18.9 Å². The third kappa shape index (κ3) is 3.92. The highest BCUT2D eigenvalue weighted by Gasteiger charge is 2.16. The van der Waals surface area contributed by atoms with Gasteiger partial charge in [-0.15, -0.1) is 0 Å². The molecular formula is C25H24N2O4. The van der Waals surface area contributed by atoms with Crippen molar-refractivity contribution in [3.63, 3.8) is 0 Å². The van der Waals surface area contributed by atoms with E-state index in [9.17, 15) is 0 Å². The van der Waals surface area contributed by atoms with E-state index in [4.69, 9.17) is 24.0 Å². The van der Waals surface area contributed by atoms with Gasteiger partial charge in [0.15, 0.2) is 23.0 Å². The summed E-state index contributed by atoms with van der Waals surface area (Å²) in [7, 11) is 6.50. The molecular weight excluding hydrogens is 392 g/mol. The fraction of sp³-hybridized carbons (Fsp3) is 0.160. The van der Waals surface area contributed by atoms with Gasteiger partial charge in [0.25, 0.3) is 0 Å². The lowest BCUT2D eigenvalue weighted by atomic mass is 10.1. The van der Waals surface area contributed by atoms with Crippen molar-refractivity contribution in [3.8, 4) is 51.2 Å². The number of benzene rings is 3. The Bertz CT molecular complexity index is 1190. The molecule has 0 radical (unpaired) electrons. The van der Waals surface area contributed by atoms with Gasteiger partial charge in [-0.2, -0.15) is 5.10 Å². The molecule has 0 bridgehead atoms. The molecule has 3 aromatic carbocycles. The highest BCUT2D eigenvalue weighted by Crippen LogP contribution is 2.37. The molecule has 0 fully saturated rings. The van der Waals surface area contributed by atoms with Crippen molar-refractivity contribution in [1.29, 1.82) is 0 Å². The molecule has 158 valence electrons. The molecule has 4 aromatic rings. The minimum absolute atomic E-state index is 0.655. The van der Waals surface area contributed by atoms with Crippen LogP contribution in [0.5, 0.6) is 23.0 Å². The molecule has 0 saturated carbocycles. The van der Waals surface area contributed by atoms with Crippen LogP contribution in [0, 0.1) is 0 Å². The molecule has 6 nitrogen and oxygen atoms in total. The first-order valence-electron chi connectivity index (χ1n) is 9.78. The predicted molar refractivity (Wildman–Crippen MR) is 121 cm³/mol. The van der Waals surface area contributed by atoms with Crippen molar-refractivity contribution >= 4 is 0 Å². The summed E-state index contributed by atoms with van der Waals surface area (Å²) >= 11 is 0. The average molecular weight is 416 g/mol. The first-order valence-corrected chi connectivity index (χ1v) is 9.78. The summed E-state index contributed by atoms with van der Waals surface area (Å²) in [5.41, 5.74) is 4.58. The molecule has 0 aliphatic heterocycles. The van der Waals surface area contributed by atoms with Crippen molar-refractivity contribution in [2.24, 2.45) is 0 Å². The van der Waals surface area contributed by atoms with Gasteiger partial charge in [0.2, 0.25) is 0 Å². The second-order valence-electron chi connectivity index (χ2n) is 6.80. The molecule has 0 aliphatic rings. The zero-order valence-electron chi connectivity index (χ0n) is 18.0. The Labute approximate surface area is 181 Å². The van der Waals surface area contributed by atoms with Crippen LogP contribution in [-0.2, 0) is 0 Å². The van der Waals surface area contributed by atoms with Crippen LogP contribution in [0.4, 0.5) is 0 Å². The predicted octanol–water partition coefficient (Wildman–Crippen LogP) is 5.24. The Kier molecular flexibility index (Phi) is 5.80. The second-order valence-corrected chi connectivity index (χ2v) is 6.80. The molecule has 0 N–H and O–H groups in total. The lowest BCUT2D eigenvalue weighted by Gasteiger charge is -2.11. The quantitative estimate of drug-likeness (QED) is 0.412. The number of hydrogen-bond donors (Lipinski definition) is 0.